The van der Waals surface area contributed by atoms with E-state index in [1.807, 2.05) is 0 Å². The molecule has 0 atom stereocenters. The van der Waals surface area contributed by atoms with Crippen LogP contribution in [0.5, 0.6) is 0 Å². The first-order valence-corrected chi connectivity index (χ1v) is 5.77. The molecule has 0 amide bonds. The molecule has 3 aromatic rings. The summed E-state index contributed by atoms with van der Waals surface area (Å²) in [4.78, 5) is 0. The second kappa shape index (κ2) is 4.99. The van der Waals surface area contributed by atoms with Gasteiger partial charge in [-0.15, -0.1) is 0 Å². The SMILES string of the molecule is [2H]c1c([2H])c([2H])c2c(Nc3ccc(C=C)cc3)c([2H])c([2H])c([2H])c2c1[2H]. The average Bonchev–Trinajstić information content (AvgIpc) is 2.65. The molecular weight excluding hydrogens is 230 g/mol. The molecule has 92 valence electrons. The van der Waals surface area contributed by atoms with Gasteiger partial charge in [0.2, 0.25) is 0 Å². The van der Waals surface area contributed by atoms with Crippen molar-refractivity contribution < 1.29 is 9.60 Å². The van der Waals surface area contributed by atoms with E-state index in [1.54, 1.807) is 30.3 Å². The lowest BCUT2D eigenvalue weighted by atomic mass is 10.1. The summed E-state index contributed by atoms with van der Waals surface area (Å²) in [6, 6.07) is 4.39. The van der Waals surface area contributed by atoms with E-state index in [-0.39, 0.29) is 40.6 Å². The molecule has 3 rings (SSSR count). The highest BCUT2D eigenvalue weighted by molar-refractivity contribution is 5.95. The molecule has 0 saturated heterocycles. The van der Waals surface area contributed by atoms with Gasteiger partial charge < -0.3 is 5.32 Å². The largest absolute Gasteiger partial charge is 0.355 e. The molecule has 1 nitrogen and oxygen atoms in total. The van der Waals surface area contributed by atoms with Crippen LogP contribution in [0.1, 0.15) is 15.2 Å². The van der Waals surface area contributed by atoms with Gasteiger partial charge in [0, 0.05) is 16.8 Å². The van der Waals surface area contributed by atoms with E-state index in [9.17, 15) is 0 Å². The molecule has 0 aliphatic carbocycles. The molecule has 0 aliphatic heterocycles. The van der Waals surface area contributed by atoms with Gasteiger partial charge in [-0.2, -0.15) is 0 Å². The van der Waals surface area contributed by atoms with E-state index in [4.69, 9.17) is 9.60 Å². The third kappa shape index (κ3) is 2.36. The summed E-state index contributed by atoms with van der Waals surface area (Å²) >= 11 is 0. The van der Waals surface area contributed by atoms with Crippen molar-refractivity contribution in [1.29, 1.82) is 0 Å². The predicted octanol–water partition coefficient (Wildman–Crippen LogP) is 5.23. The van der Waals surface area contributed by atoms with Crippen molar-refractivity contribution in [3.05, 3.63) is 78.7 Å². The van der Waals surface area contributed by atoms with Gasteiger partial charge in [0.05, 0.1) is 9.60 Å². The maximum Gasteiger partial charge on any atom is 0.0645 e. The molecule has 0 radical (unpaired) electrons. The minimum absolute atomic E-state index is 0.0368. The summed E-state index contributed by atoms with van der Waals surface area (Å²) < 4.78 is 56.2. The zero-order valence-electron chi connectivity index (χ0n) is 17.1. The van der Waals surface area contributed by atoms with Crippen LogP contribution in [-0.4, -0.2) is 0 Å². The highest BCUT2D eigenvalue weighted by Gasteiger charge is 2.00. The summed E-state index contributed by atoms with van der Waals surface area (Å²) in [5, 5.41) is 2.95. The van der Waals surface area contributed by atoms with Crippen molar-refractivity contribution in [2.45, 2.75) is 0 Å². The van der Waals surface area contributed by atoms with Gasteiger partial charge >= 0.3 is 0 Å². The van der Waals surface area contributed by atoms with Crippen LogP contribution in [0, 0.1) is 0 Å². The zero-order chi connectivity index (χ0) is 19.2. The van der Waals surface area contributed by atoms with Crippen molar-refractivity contribution in [2.75, 3.05) is 5.32 Å². The fourth-order valence-electron chi connectivity index (χ4n) is 1.75. The Bertz CT molecular complexity index is 1030. The Morgan fingerprint density at radius 1 is 0.947 bits per heavy atom. The molecule has 0 unspecified atom stereocenters. The Morgan fingerprint density at radius 2 is 1.68 bits per heavy atom. The van der Waals surface area contributed by atoms with Gasteiger partial charge in [-0.25, -0.2) is 0 Å². The molecule has 1 heteroatoms. The third-order valence-electron chi connectivity index (χ3n) is 2.73. The smallest absolute Gasteiger partial charge is 0.0645 e. The molecule has 19 heavy (non-hydrogen) atoms. The van der Waals surface area contributed by atoms with E-state index >= 15 is 0 Å². The van der Waals surface area contributed by atoms with Crippen LogP contribution in [0.25, 0.3) is 16.8 Å². The normalized spacial score (nSPS) is 15.5. The van der Waals surface area contributed by atoms with E-state index in [0.29, 0.717) is 5.69 Å². The molecule has 0 spiro atoms. The number of rotatable bonds is 3. The molecule has 3 aromatic carbocycles. The van der Waals surface area contributed by atoms with Crippen LogP contribution < -0.4 is 5.32 Å². The van der Waals surface area contributed by atoms with Gasteiger partial charge in [-0.3, -0.25) is 0 Å². The Hall–Kier alpha value is -2.54. The minimum atomic E-state index is -0.464. The fraction of sp³-hybridized carbons (Fsp3) is 0. The predicted molar refractivity (Wildman–Crippen MR) is 83.8 cm³/mol. The van der Waals surface area contributed by atoms with Crippen molar-refractivity contribution >= 4 is 28.2 Å². The van der Waals surface area contributed by atoms with Crippen LogP contribution in [0.3, 0.4) is 0 Å². The van der Waals surface area contributed by atoms with Gasteiger partial charge in [-0.05, 0) is 29.1 Å². The summed E-state index contributed by atoms with van der Waals surface area (Å²) in [5.74, 6) is 0. The molecule has 0 aromatic heterocycles. The first-order valence-electron chi connectivity index (χ1n) is 9.27. The maximum atomic E-state index is 8.20. The van der Waals surface area contributed by atoms with E-state index < -0.39 is 18.1 Å². The first-order chi connectivity index (χ1) is 12.3. The minimum Gasteiger partial charge on any atom is -0.355 e. The summed E-state index contributed by atoms with van der Waals surface area (Å²) in [6.07, 6.45) is 1.68. The van der Waals surface area contributed by atoms with Gasteiger partial charge in [-0.1, -0.05) is 61.0 Å². The molecule has 1 N–H and O–H groups in total. The number of hydrogen-bond acceptors (Lipinski definition) is 1. The molecule has 0 aliphatic rings. The van der Waals surface area contributed by atoms with Gasteiger partial charge in [0.1, 0.15) is 0 Å². The Balaban J connectivity index is 2.35. The monoisotopic (exact) mass is 252 g/mol. The van der Waals surface area contributed by atoms with Crippen LogP contribution >= 0.6 is 0 Å². The summed E-state index contributed by atoms with van der Waals surface area (Å²) in [7, 11) is 0. The number of hydrogen-bond donors (Lipinski definition) is 1. The highest BCUT2D eigenvalue weighted by Crippen LogP contribution is 2.26. The van der Waals surface area contributed by atoms with Crippen LogP contribution in [0.2, 0.25) is 0 Å². The number of anilines is 2. The molecule has 0 saturated carbocycles. The topological polar surface area (TPSA) is 12.0 Å². The number of nitrogens with one attached hydrogen (secondary N) is 1. The molecule has 0 bridgehead atoms. The Morgan fingerprint density at radius 3 is 2.47 bits per heavy atom. The lowest BCUT2D eigenvalue weighted by Gasteiger charge is -2.10. The Labute approximate surface area is 123 Å². The zero-order valence-corrected chi connectivity index (χ0v) is 10.1. The third-order valence-corrected chi connectivity index (χ3v) is 2.73. The fourth-order valence-corrected chi connectivity index (χ4v) is 1.75. The van der Waals surface area contributed by atoms with Crippen LogP contribution in [-0.2, 0) is 0 Å². The van der Waals surface area contributed by atoms with Crippen molar-refractivity contribution in [3.63, 3.8) is 0 Å². The summed E-state index contributed by atoms with van der Waals surface area (Å²) in [6.45, 7) is 3.68. The highest BCUT2D eigenvalue weighted by atomic mass is 14.9. The molecule has 0 fully saturated rings. The first kappa shape index (κ1) is 6.07. The van der Waals surface area contributed by atoms with Crippen molar-refractivity contribution in [2.24, 2.45) is 0 Å². The van der Waals surface area contributed by atoms with E-state index in [0.717, 1.165) is 5.56 Å². The van der Waals surface area contributed by atoms with Gasteiger partial charge in [0.25, 0.3) is 0 Å². The summed E-state index contributed by atoms with van der Waals surface area (Å²) in [5.41, 5.74) is 1.57. The molecular formula is C18H15N. The number of benzene rings is 3. The van der Waals surface area contributed by atoms with Crippen molar-refractivity contribution in [3.8, 4) is 0 Å². The molecule has 0 heterocycles. The van der Waals surface area contributed by atoms with Crippen LogP contribution in [0.4, 0.5) is 11.4 Å². The van der Waals surface area contributed by atoms with Gasteiger partial charge in [0.15, 0.2) is 0 Å². The van der Waals surface area contributed by atoms with E-state index in [1.165, 1.54) is 0 Å². The quantitative estimate of drug-likeness (QED) is 0.673. The van der Waals surface area contributed by atoms with Crippen molar-refractivity contribution in [1.82, 2.24) is 0 Å². The lowest BCUT2D eigenvalue weighted by molar-refractivity contribution is 1.56. The second-order valence-electron chi connectivity index (χ2n) is 3.95. The second-order valence-corrected chi connectivity index (χ2v) is 3.95. The maximum absolute atomic E-state index is 8.20. The average molecular weight is 252 g/mol. The van der Waals surface area contributed by atoms with Crippen LogP contribution in [0.15, 0.2) is 73.1 Å². The standard InChI is InChI=1S/C18H15N/c1-2-14-10-12-16(13-11-14)19-18-9-5-7-15-6-3-4-8-17(15)18/h2-13,19H,1H2/i3D,4D,5D,6D,7D,8D,9D. The van der Waals surface area contributed by atoms with E-state index in [2.05, 4.69) is 11.9 Å². The number of fused-ring (bicyclic) bond motifs is 1. The Kier molecular flexibility index (Phi) is 1.59. The lowest BCUT2D eigenvalue weighted by Crippen LogP contribution is -1.91.